The lowest BCUT2D eigenvalue weighted by Gasteiger charge is -2.54. The van der Waals surface area contributed by atoms with Gasteiger partial charge in [0.2, 0.25) is 5.91 Å². The molecule has 0 aliphatic carbocycles. The predicted molar refractivity (Wildman–Crippen MR) is 161 cm³/mol. The number of carbonyl (C=O) groups excluding carboxylic acids is 1. The summed E-state index contributed by atoms with van der Waals surface area (Å²) in [6.45, 7) is 15.0. The molecule has 1 aromatic carbocycles. The first kappa shape index (κ1) is 30.0. The molecule has 4 rings (SSSR count). The zero-order valence-corrected chi connectivity index (χ0v) is 25.4. The van der Waals surface area contributed by atoms with E-state index in [9.17, 15) is 9.90 Å². The Labute approximate surface area is 242 Å². The van der Waals surface area contributed by atoms with Crippen molar-refractivity contribution in [2.75, 3.05) is 37.7 Å². The molecule has 1 atom stereocenters. The minimum absolute atomic E-state index is 0.145. The maximum absolute atomic E-state index is 11.8. The van der Waals surface area contributed by atoms with Gasteiger partial charge in [-0.25, -0.2) is 9.97 Å². The molecule has 0 unspecified atom stereocenters. The van der Waals surface area contributed by atoms with E-state index in [0.29, 0.717) is 34.3 Å². The van der Waals surface area contributed by atoms with Crippen molar-refractivity contribution in [2.24, 2.45) is 5.41 Å². The number of allylic oxidation sites excluding steroid dienone is 2. The second-order valence-electron chi connectivity index (χ2n) is 11.6. The molecule has 216 valence electrons. The average molecular weight is 568 g/mol. The molecule has 1 amide bonds. The third-order valence-electron chi connectivity index (χ3n) is 8.10. The van der Waals surface area contributed by atoms with Crippen LogP contribution in [0.25, 0.3) is 17.0 Å². The van der Waals surface area contributed by atoms with Crippen molar-refractivity contribution in [2.45, 2.75) is 73.3 Å². The van der Waals surface area contributed by atoms with Gasteiger partial charge >= 0.3 is 0 Å². The van der Waals surface area contributed by atoms with Crippen molar-refractivity contribution in [1.82, 2.24) is 14.9 Å². The number of aromatic nitrogens is 2. The molecule has 2 aromatic rings. The van der Waals surface area contributed by atoms with E-state index in [-0.39, 0.29) is 17.9 Å². The van der Waals surface area contributed by atoms with Gasteiger partial charge < -0.3 is 25.1 Å². The fraction of sp³-hybridized carbons (Fsp3) is 0.548. The van der Waals surface area contributed by atoms with Crippen LogP contribution in [0.1, 0.15) is 71.6 Å². The van der Waals surface area contributed by atoms with E-state index in [4.69, 9.17) is 31.7 Å². The topological polar surface area (TPSA) is 103 Å². The van der Waals surface area contributed by atoms with E-state index in [1.54, 1.807) is 26.0 Å². The van der Waals surface area contributed by atoms with Crippen LogP contribution in [0.4, 0.5) is 5.82 Å². The second-order valence-corrected chi connectivity index (χ2v) is 12.0. The van der Waals surface area contributed by atoms with E-state index in [2.05, 4.69) is 4.90 Å². The van der Waals surface area contributed by atoms with Gasteiger partial charge in [-0.15, -0.1) is 0 Å². The average Bonchev–Trinajstić information content (AvgIpc) is 2.88. The Morgan fingerprint density at radius 2 is 1.85 bits per heavy atom. The van der Waals surface area contributed by atoms with E-state index in [1.807, 2.05) is 38.7 Å². The lowest BCUT2D eigenvalue weighted by atomic mass is 9.72. The van der Waals surface area contributed by atoms with Crippen LogP contribution in [-0.4, -0.2) is 70.5 Å². The van der Waals surface area contributed by atoms with Crippen LogP contribution in [0.5, 0.6) is 5.75 Å². The normalized spacial score (nSPS) is 16.9. The van der Waals surface area contributed by atoms with Crippen molar-refractivity contribution >= 4 is 34.6 Å². The number of carbonyl (C=O) groups is 1. The summed E-state index contributed by atoms with van der Waals surface area (Å²) in [6, 6.07) is 5.39. The first-order chi connectivity index (χ1) is 18.9. The van der Waals surface area contributed by atoms with Crippen LogP contribution in [0.2, 0.25) is 5.02 Å². The van der Waals surface area contributed by atoms with Gasteiger partial charge in [-0.3, -0.25) is 4.79 Å². The number of piperidine rings is 1. The Bertz CT molecular complexity index is 1300. The third kappa shape index (κ3) is 6.33. The molecule has 1 aromatic heterocycles. The number of hydrogen-bond donors (Lipinski definition) is 2. The Morgan fingerprint density at radius 3 is 2.42 bits per heavy atom. The fourth-order valence-electron chi connectivity index (χ4n) is 5.87. The molecule has 2 fully saturated rings. The number of aliphatic hydroxyl groups is 1. The molecule has 0 radical (unpaired) electrons. The van der Waals surface area contributed by atoms with Gasteiger partial charge in [-0.2, -0.15) is 0 Å². The number of halogens is 1. The van der Waals surface area contributed by atoms with Crippen molar-refractivity contribution in [3.63, 3.8) is 0 Å². The van der Waals surface area contributed by atoms with Crippen LogP contribution in [0.3, 0.4) is 0 Å². The molecule has 40 heavy (non-hydrogen) atoms. The summed E-state index contributed by atoms with van der Waals surface area (Å²) in [5.74, 6) is 2.06. The fourth-order valence-corrected chi connectivity index (χ4v) is 6.07. The van der Waals surface area contributed by atoms with Crippen molar-refractivity contribution in [3.8, 4) is 17.1 Å². The van der Waals surface area contributed by atoms with E-state index in [1.165, 1.54) is 0 Å². The largest absolute Gasteiger partial charge is 0.491 e. The number of nitrogens with zero attached hydrogens (tertiary/aromatic N) is 4. The summed E-state index contributed by atoms with van der Waals surface area (Å²) in [6.07, 6.45) is 2.99. The molecule has 2 saturated heterocycles. The van der Waals surface area contributed by atoms with Gasteiger partial charge in [0.15, 0.2) is 5.82 Å². The van der Waals surface area contributed by atoms with Gasteiger partial charge in [0.25, 0.3) is 0 Å². The van der Waals surface area contributed by atoms with Gasteiger partial charge in [0, 0.05) is 60.9 Å². The quantitative estimate of drug-likeness (QED) is 0.364. The summed E-state index contributed by atoms with van der Waals surface area (Å²) in [7, 11) is 0. The van der Waals surface area contributed by atoms with Crippen LogP contribution in [0.15, 0.2) is 23.8 Å². The number of amides is 1. The Kier molecular flexibility index (Phi) is 9.20. The molecule has 0 bridgehead atoms. The van der Waals surface area contributed by atoms with Gasteiger partial charge in [0.05, 0.1) is 16.8 Å². The molecular formula is C31H42ClN5O3. The molecular weight excluding hydrogens is 526 g/mol. The predicted octanol–water partition coefficient (Wildman–Crippen LogP) is 5.93. The minimum atomic E-state index is -0.533. The van der Waals surface area contributed by atoms with E-state index in [0.717, 1.165) is 73.7 Å². The van der Waals surface area contributed by atoms with Crippen LogP contribution >= 0.6 is 11.6 Å². The SMILES string of the molecule is CCC[C@@H](O)COc1ccc(Cl)c(-c2nc(C(C(C)=N)=C(C)C)c(C)c(N3CC4(CCN(C(C)=O)CC4)C3)n2)c1. The van der Waals surface area contributed by atoms with Crippen LogP contribution < -0.4 is 9.64 Å². The molecule has 3 heterocycles. The lowest BCUT2D eigenvalue weighted by molar-refractivity contribution is -0.131. The zero-order chi connectivity index (χ0) is 29.2. The van der Waals surface area contributed by atoms with E-state index >= 15 is 0 Å². The molecule has 9 heteroatoms. The Hall–Kier alpha value is -2.97. The highest BCUT2D eigenvalue weighted by Gasteiger charge is 2.46. The Morgan fingerprint density at radius 1 is 1.18 bits per heavy atom. The second kappa shape index (κ2) is 12.3. The van der Waals surface area contributed by atoms with Gasteiger partial charge in [0.1, 0.15) is 18.2 Å². The number of anilines is 1. The first-order valence-corrected chi connectivity index (χ1v) is 14.6. The molecule has 1 spiro atoms. The number of rotatable bonds is 9. The highest BCUT2D eigenvalue weighted by Crippen LogP contribution is 2.44. The smallest absolute Gasteiger partial charge is 0.219 e. The summed E-state index contributed by atoms with van der Waals surface area (Å²) in [4.78, 5) is 26.1. The van der Waals surface area contributed by atoms with Crippen molar-refractivity contribution in [3.05, 3.63) is 40.1 Å². The van der Waals surface area contributed by atoms with Crippen LogP contribution in [-0.2, 0) is 4.79 Å². The number of likely N-dealkylation sites (tertiary alicyclic amines) is 1. The molecule has 2 N–H and O–H groups in total. The minimum Gasteiger partial charge on any atom is -0.491 e. The van der Waals surface area contributed by atoms with Gasteiger partial charge in [-0.05, 0) is 65.2 Å². The summed E-state index contributed by atoms with van der Waals surface area (Å²) < 4.78 is 5.88. The highest BCUT2D eigenvalue weighted by atomic mass is 35.5. The maximum atomic E-state index is 11.8. The number of benzene rings is 1. The molecule has 2 aliphatic rings. The maximum Gasteiger partial charge on any atom is 0.219 e. The Balaban J connectivity index is 1.71. The van der Waals surface area contributed by atoms with Gasteiger partial charge in [-0.1, -0.05) is 30.5 Å². The summed E-state index contributed by atoms with van der Waals surface area (Å²) in [5.41, 5.74) is 4.77. The monoisotopic (exact) mass is 567 g/mol. The molecule has 8 nitrogen and oxygen atoms in total. The number of hydrogen-bond acceptors (Lipinski definition) is 7. The van der Waals surface area contributed by atoms with Crippen molar-refractivity contribution < 1.29 is 14.6 Å². The molecule has 2 aliphatic heterocycles. The highest BCUT2D eigenvalue weighted by molar-refractivity contribution is 6.33. The number of aliphatic hydroxyl groups excluding tert-OH is 1. The molecule has 0 saturated carbocycles. The number of ether oxygens (including phenoxy) is 1. The van der Waals surface area contributed by atoms with Crippen LogP contribution in [0, 0.1) is 17.7 Å². The standard InChI is InChI=1S/C31H42ClN5O3/c1-7-8-23(39)16-40-24-9-10-26(32)25(15-24)29-34-28(27(19(2)3)21(5)33)20(4)30(35-29)37-17-31(18-37)11-13-36(14-12-31)22(6)38/h9-10,15,23,33,39H,7-8,11-14,16-18H2,1-6H3/t23-/m1/s1. The first-order valence-electron chi connectivity index (χ1n) is 14.2. The lowest BCUT2D eigenvalue weighted by Crippen LogP contribution is -2.61. The van der Waals surface area contributed by atoms with E-state index < -0.39 is 6.10 Å². The van der Waals surface area contributed by atoms with Crippen molar-refractivity contribution in [1.29, 1.82) is 5.41 Å². The summed E-state index contributed by atoms with van der Waals surface area (Å²) >= 11 is 6.69. The number of nitrogens with one attached hydrogen (secondary N) is 1. The summed E-state index contributed by atoms with van der Waals surface area (Å²) in [5, 5.41) is 19.1. The third-order valence-corrected chi connectivity index (χ3v) is 8.43. The zero-order valence-electron chi connectivity index (χ0n) is 24.6.